The van der Waals surface area contributed by atoms with Gasteiger partial charge in [0.25, 0.3) is 0 Å². The van der Waals surface area contributed by atoms with Crippen LogP contribution < -0.4 is 4.74 Å². The van der Waals surface area contributed by atoms with E-state index < -0.39 is 0 Å². The van der Waals surface area contributed by atoms with E-state index in [9.17, 15) is 0 Å². The van der Waals surface area contributed by atoms with Gasteiger partial charge in [-0.2, -0.15) is 0 Å². The Morgan fingerprint density at radius 2 is 1.88 bits per heavy atom. The monoisotopic (exact) mass is 276 g/mol. The number of hydrogen-bond acceptors (Lipinski definition) is 1. The topological polar surface area (TPSA) is 9.23 Å². The van der Waals surface area contributed by atoms with Gasteiger partial charge in [-0.25, -0.2) is 0 Å². The molecule has 2 aromatic rings. The van der Waals surface area contributed by atoms with Gasteiger partial charge in [0.15, 0.2) is 0 Å². The highest BCUT2D eigenvalue weighted by Gasteiger charge is 1.96. The van der Waals surface area contributed by atoms with E-state index in [2.05, 4.69) is 41.1 Å². The molecule has 82 valence electrons. The molecule has 2 heteroatoms. The van der Waals surface area contributed by atoms with Crippen LogP contribution in [0.3, 0.4) is 0 Å². The van der Waals surface area contributed by atoms with Crippen LogP contribution in [0.25, 0.3) is 0 Å². The van der Waals surface area contributed by atoms with Gasteiger partial charge in [0.05, 0.1) is 0 Å². The van der Waals surface area contributed by atoms with E-state index in [4.69, 9.17) is 4.74 Å². The molecule has 0 aliphatic carbocycles. The molecule has 0 saturated carbocycles. The van der Waals surface area contributed by atoms with E-state index >= 15 is 0 Å². The Kier molecular flexibility index (Phi) is 3.62. The fraction of sp³-hybridized carbons (Fsp3) is 0.143. The smallest absolute Gasteiger partial charge is 0.120 e. The van der Waals surface area contributed by atoms with E-state index in [1.165, 1.54) is 5.56 Å². The minimum Gasteiger partial charge on any atom is -0.489 e. The maximum Gasteiger partial charge on any atom is 0.120 e. The third-order valence-corrected chi connectivity index (χ3v) is 2.78. The average molecular weight is 277 g/mol. The molecule has 0 N–H and O–H groups in total. The Balaban J connectivity index is 2.02. The Labute approximate surface area is 104 Å². The van der Waals surface area contributed by atoms with Crippen LogP contribution in [0.2, 0.25) is 0 Å². The Bertz CT molecular complexity index is 434. The summed E-state index contributed by atoms with van der Waals surface area (Å²) in [7, 11) is 0. The van der Waals surface area contributed by atoms with Crippen molar-refractivity contribution in [1.82, 2.24) is 0 Å². The summed E-state index contributed by atoms with van der Waals surface area (Å²) < 4.78 is 6.79. The highest BCUT2D eigenvalue weighted by molar-refractivity contribution is 9.10. The molecular weight excluding hydrogens is 264 g/mol. The van der Waals surface area contributed by atoms with Gasteiger partial charge in [-0.1, -0.05) is 40.2 Å². The molecule has 0 fully saturated rings. The van der Waals surface area contributed by atoms with Crippen molar-refractivity contribution in [3.63, 3.8) is 0 Å². The third-order valence-electron chi connectivity index (χ3n) is 2.28. The zero-order valence-electron chi connectivity index (χ0n) is 9.11. The maximum atomic E-state index is 5.71. The zero-order valence-corrected chi connectivity index (χ0v) is 10.7. The number of benzene rings is 2. The van der Waals surface area contributed by atoms with E-state index in [1.54, 1.807) is 0 Å². The molecule has 0 spiro atoms. The number of aryl methyl sites for hydroxylation is 1. The predicted octanol–water partition coefficient (Wildman–Crippen LogP) is 4.34. The van der Waals surface area contributed by atoms with Crippen molar-refractivity contribution in [2.24, 2.45) is 0 Å². The lowest BCUT2D eigenvalue weighted by molar-refractivity contribution is 0.306. The van der Waals surface area contributed by atoms with Crippen LogP contribution >= 0.6 is 15.9 Å². The number of rotatable bonds is 3. The lowest BCUT2D eigenvalue weighted by Gasteiger charge is -2.07. The molecule has 0 aromatic heterocycles. The van der Waals surface area contributed by atoms with Crippen molar-refractivity contribution in [3.8, 4) is 5.75 Å². The van der Waals surface area contributed by atoms with Crippen LogP contribution in [0.1, 0.15) is 11.1 Å². The second-order valence-corrected chi connectivity index (χ2v) is 4.65. The highest BCUT2D eigenvalue weighted by atomic mass is 79.9. The molecule has 0 atom stereocenters. The Morgan fingerprint density at radius 3 is 2.62 bits per heavy atom. The number of halogens is 1. The lowest BCUT2D eigenvalue weighted by Crippen LogP contribution is -1.95. The van der Waals surface area contributed by atoms with Crippen molar-refractivity contribution in [2.45, 2.75) is 13.5 Å². The van der Waals surface area contributed by atoms with Gasteiger partial charge >= 0.3 is 0 Å². The summed E-state index contributed by atoms with van der Waals surface area (Å²) in [6, 6.07) is 16.2. The van der Waals surface area contributed by atoms with Gasteiger partial charge in [-0.05, 0) is 42.3 Å². The molecule has 0 radical (unpaired) electrons. The van der Waals surface area contributed by atoms with Gasteiger partial charge < -0.3 is 4.74 Å². The van der Waals surface area contributed by atoms with Crippen LogP contribution in [-0.4, -0.2) is 0 Å². The average Bonchev–Trinajstić information content (AvgIpc) is 2.27. The normalized spacial score (nSPS) is 10.1. The summed E-state index contributed by atoms with van der Waals surface area (Å²) in [6.45, 7) is 2.66. The van der Waals surface area contributed by atoms with Crippen molar-refractivity contribution >= 4 is 15.9 Å². The number of hydrogen-bond donors (Lipinski definition) is 0. The van der Waals surface area contributed by atoms with E-state index in [1.807, 2.05) is 30.3 Å². The van der Waals surface area contributed by atoms with Gasteiger partial charge in [0.1, 0.15) is 12.4 Å². The first-order chi connectivity index (χ1) is 7.74. The molecule has 0 aliphatic heterocycles. The fourth-order valence-corrected chi connectivity index (χ4v) is 1.95. The summed E-state index contributed by atoms with van der Waals surface area (Å²) in [5.41, 5.74) is 2.38. The van der Waals surface area contributed by atoms with E-state index in [-0.39, 0.29) is 0 Å². The minimum atomic E-state index is 0.600. The first-order valence-corrected chi connectivity index (χ1v) is 5.97. The van der Waals surface area contributed by atoms with Gasteiger partial charge in [0.2, 0.25) is 0 Å². The number of ether oxygens (including phenoxy) is 1. The summed E-state index contributed by atoms with van der Waals surface area (Å²) in [5.74, 6) is 0.917. The van der Waals surface area contributed by atoms with Crippen molar-refractivity contribution in [1.29, 1.82) is 0 Å². The van der Waals surface area contributed by atoms with Crippen LogP contribution in [0.4, 0.5) is 0 Å². The first kappa shape index (κ1) is 11.2. The SMILES string of the molecule is Cc1cccc(OCc2cccc(Br)c2)c1. The summed E-state index contributed by atoms with van der Waals surface area (Å²) in [5, 5.41) is 0. The molecule has 0 saturated heterocycles. The van der Waals surface area contributed by atoms with E-state index in [0.717, 1.165) is 15.8 Å². The summed E-state index contributed by atoms with van der Waals surface area (Å²) >= 11 is 3.44. The molecule has 1 nitrogen and oxygen atoms in total. The molecule has 2 aromatic carbocycles. The maximum absolute atomic E-state index is 5.71. The molecular formula is C14H13BrO. The zero-order chi connectivity index (χ0) is 11.4. The van der Waals surface area contributed by atoms with E-state index in [0.29, 0.717) is 6.61 Å². The predicted molar refractivity (Wildman–Crippen MR) is 69.7 cm³/mol. The third kappa shape index (κ3) is 3.11. The minimum absolute atomic E-state index is 0.600. The van der Waals surface area contributed by atoms with Gasteiger partial charge in [-0.15, -0.1) is 0 Å². The molecule has 0 aliphatic rings. The fourth-order valence-electron chi connectivity index (χ4n) is 1.50. The van der Waals surface area contributed by atoms with Crippen LogP contribution in [-0.2, 0) is 6.61 Å². The first-order valence-electron chi connectivity index (χ1n) is 5.18. The van der Waals surface area contributed by atoms with Gasteiger partial charge in [0, 0.05) is 4.47 Å². The van der Waals surface area contributed by atoms with Crippen molar-refractivity contribution in [2.75, 3.05) is 0 Å². The summed E-state index contributed by atoms with van der Waals surface area (Å²) in [6.07, 6.45) is 0. The standard InChI is InChI=1S/C14H13BrO/c1-11-4-2-7-14(8-11)16-10-12-5-3-6-13(15)9-12/h2-9H,10H2,1H3. The molecule has 2 rings (SSSR count). The molecule has 0 bridgehead atoms. The Hall–Kier alpha value is -1.28. The largest absolute Gasteiger partial charge is 0.489 e. The molecule has 0 amide bonds. The van der Waals surface area contributed by atoms with Gasteiger partial charge in [-0.3, -0.25) is 0 Å². The quantitative estimate of drug-likeness (QED) is 0.811. The van der Waals surface area contributed by atoms with Crippen LogP contribution in [0, 0.1) is 6.92 Å². The second-order valence-electron chi connectivity index (χ2n) is 3.74. The van der Waals surface area contributed by atoms with Crippen molar-refractivity contribution < 1.29 is 4.74 Å². The molecule has 16 heavy (non-hydrogen) atoms. The molecule has 0 unspecified atom stereocenters. The Morgan fingerprint density at radius 1 is 1.06 bits per heavy atom. The van der Waals surface area contributed by atoms with Crippen LogP contribution in [0.15, 0.2) is 53.0 Å². The van der Waals surface area contributed by atoms with Crippen LogP contribution in [0.5, 0.6) is 5.75 Å². The second kappa shape index (κ2) is 5.17. The van der Waals surface area contributed by atoms with Crippen molar-refractivity contribution in [3.05, 3.63) is 64.1 Å². The lowest BCUT2D eigenvalue weighted by atomic mass is 10.2. The highest BCUT2D eigenvalue weighted by Crippen LogP contribution is 2.16. The summed E-state index contributed by atoms with van der Waals surface area (Å²) in [4.78, 5) is 0. The molecule has 0 heterocycles.